The van der Waals surface area contributed by atoms with E-state index in [1.807, 2.05) is 25.2 Å². The molecule has 1 aromatic heterocycles. The monoisotopic (exact) mass is 438 g/mol. The van der Waals surface area contributed by atoms with E-state index < -0.39 is 15.8 Å². The molecule has 166 valence electrons. The van der Waals surface area contributed by atoms with Crippen LogP contribution >= 0.6 is 0 Å². The molecule has 8 nitrogen and oxygen atoms in total. The zero-order chi connectivity index (χ0) is 22.5. The third-order valence-electron chi connectivity index (χ3n) is 4.56. The predicted octanol–water partition coefficient (Wildman–Crippen LogP) is 2.44. The van der Waals surface area contributed by atoms with E-state index in [0.29, 0.717) is 24.0 Å². The predicted molar refractivity (Wildman–Crippen MR) is 119 cm³/mol. The molecule has 0 aliphatic carbocycles. The third kappa shape index (κ3) is 6.45. The highest BCUT2D eigenvalue weighted by atomic mass is 32.2. The molecule has 0 aliphatic heterocycles. The van der Waals surface area contributed by atoms with Gasteiger partial charge in [-0.2, -0.15) is 5.10 Å². The maximum absolute atomic E-state index is 13.6. The van der Waals surface area contributed by atoms with Crippen molar-refractivity contribution in [1.29, 1.82) is 0 Å². The Bertz CT molecular complexity index is 1000. The molecule has 2 N–H and O–H groups in total. The number of aliphatic imine (C=N–C) groups is 1. The molecule has 0 bridgehead atoms. The second-order valence-electron chi connectivity index (χ2n) is 7.58. The summed E-state index contributed by atoms with van der Waals surface area (Å²) in [5.74, 6) is 0.239. The van der Waals surface area contributed by atoms with E-state index >= 15 is 0 Å². The van der Waals surface area contributed by atoms with E-state index in [9.17, 15) is 12.8 Å². The molecule has 1 aromatic carbocycles. The number of anilines is 1. The van der Waals surface area contributed by atoms with Gasteiger partial charge in [-0.3, -0.25) is 14.4 Å². The van der Waals surface area contributed by atoms with Crippen molar-refractivity contribution >= 4 is 21.7 Å². The summed E-state index contributed by atoms with van der Waals surface area (Å²) in [4.78, 5) is 6.14. The van der Waals surface area contributed by atoms with Gasteiger partial charge in [-0.1, -0.05) is 19.9 Å². The zero-order valence-electron chi connectivity index (χ0n) is 18.4. The van der Waals surface area contributed by atoms with Gasteiger partial charge in [-0.15, -0.1) is 0 Å². The summed E-state index contributed by atoms with van der Waals surface area (Å²) in [6, 6.07) is 4.25. The lowest BCUT2D eigenvalue weighted by Crippen LogP contribution is -2.41. The van der Waals surface area contributed by atoms with Crippen LogP contribution in [0.5, 0.6) is 0 Å². The maximum atomic E-state index is 13.6. The molecule has 0 spiro atoms. The summed E-state index contributed by atoms with van der Waals surface area (Å²) in [6.45, 7) is 6.56. The fourth-order valence-corrected chi connectivity index (χ4v) is 4.02. The Kier molecular flexibility index (Phi) is 7.83. The summed E-state index contributed by atoms with van der Waals surface area (Å²) in [5, 5.41) is 7.57. The quantitative estimate of drug-likeness (QED) is 0.488. The summed E-state index contributed by atoms with van der Waals surface area (Å²) in [6.07, 6.45) is 1.98. The smallest absolute Gasteiger partial charge is 0.234 e. The van der Waals surface area contributed by atoms with Crippen LogP contribution in [0.2, 0.25) is 0 Å². The molecule has 2 aromatic rings. The SMILES string of the molecule is CN=C(NCCS(=O)(=O)Nc1ccc(C)c(F)c1)N(C)Cc1cn(C)nc1C(C)C. The van der Waals surface area contributed by atoms with Gasteiger partial charge in [-0.25, -0.2) is 12.8 Å². The number of aromatic nitrogens is 2. The van der Waals surface area contributed by atoms with Crippen molar-refractivity contribution in [3.63, 3.8) is 0 Å². The number of aryl methyl sites for hydroxylation is 2. The average Bonchev–Trinajstić information content (AvgIpc) is 3.02. The minimum Gasteiger partial charge on any atom is -0.355 e. The Morgan fingerprint density at radius 2 is 2.07 bits per heavy atom. The van der Waals surface area contributed by atoms with Crippen LogP contribution in [0.1, 0.15) is 36.6 Å². The molecule has 0 aliphatic rings. The molecular formula is C20H31FN6O2S. The minimum absolute atomic E-state index is 0.158. The van der Waals surface area contributed by atoms with Crippen LogP contribution in [0, 0.1) is 12.7 Å². The van der Waals surface area contributed by atoms with Crippen LogP contribution < -0.4 is 10.0 Å². The number of sulfonamides is 1. The number of benzene rings is 1. The van der Waals surface area contributed by atoms with Crippen LogP contribution in [0.3, 0.4) is 0 Å². The molecule has 0 saturated carbocycles. The van der Waals surface area contributed by atoms with Crippen molar-refractivity contribution in [3.8, 4) is 0 Å². The Hall–Kier alpha value is -2.62. The molecule has 0 fully saturated rings. The summed E-state index contributed by atoms with van der Waals surface area (Å²) in [5.41, 5.74) is 2.78. The number of nitrogens with zero attached hydrogens (tertiary/aromatic N) is 4. The van der Waals surface area contributed by atoms with Crippen molar-refractivity contribution in [2.45, 2.75) is 33.2 Å². The number of guanidine groups is 1. The first kappa shape index (κ1) is 23.7. The molecule has 0 atom stereocenters. The Balaban J connectivity index is 1.94. The van der Waals surface area contributed by atoms with Gasteiger partial charge in [0.1, 0.15) is 5.82 Å². The highest BCUT2D eigenvalue weighted by Gasteiger charge is 2.16. The summed E-state index contributed by atoms with van der Waals surface area (Å²) in [7, 11) is 1.79. The van der Waals surface area contributed by atoms with Crippen molar-refractivity contribution in [2.24, 2.45) is 12.0 Å². The fourth-order valence-electron chi connectivity index (χ4n) is 3.06. The molecule has 0 unspecified atom stereocenters. The zero-order valence-corrected chi connectivity index (χ0v) is 19.2. The lowest BCUT2D eigenvalue weighted by Gasteiger charge is -2.22. The van der Waals surface area contributed by atoms with E-state index in [4.69, 9.17) is 0 Å². The number of halogens is 1. The first-order valence-electron chi connectivity index (χ1n) is 9.73. The lowest BCUT2D eigenvalue weighted by molar-refractivity contribution is 0.475. The first-order valence-corrected chi connectivity index (χ1v) is 11.4. The van der Waals surface area contributed by atoms with Gasteiger partial charge in [-0.05, 0) is 30.5 Å². The molecule has 10 heteroatoms. The van der Waals surface area contributed by atoms with Crippen molar-refractivity contribution in [3.05, 3.63) is 47.0 Å². The number of hydrogen-bond donors (Lipinski definition) is 2. The van der Waals surface area contributed by atoms with E-state index in [2.05, 4.69) is 34.0 Å². The summed E-state index contributed by atoms with van der Waals surface area (Å²) < 4.78 is 42.4. The average molecular weight is 439 g/mol. The number of nitrogens with one attached hydrogen (secondary N) is 2. The van der Waals surface area contributed by atoms with Gasteiger partial charge < -0.3 is 10.2 Å². The molecule has 0 amide bonds. The largest absolute Gasteiger partial charge is 0.355 e. The van der Waals surface area contributed by atoms with Gasteiger partial charge in [0, 0.05) is 46.0 Å². The standard InChI is InChI=1S/C20H31FN6O2S/c1-14(2)19-16(13-27(6)24-19)12-26(5)20(22-4)23-9-10-30(28,29)25-17-8-7-15(3)18(21)11-17/h7-8,11,13-14,25H,9-10,12H2,1-6H3,(H,22,23). The van der Waals surface area contributed by atoms with Gasteiger partial charge in [0.25, 0.3) is 0 Å². The highest BCUT2D eigenvalue weighted by molar-refractivity contribution is 7.92. The van der Waals surface area contributed by atoms with Crippen LogP contribution in [0.4, 0.5) is 10.1 Å². The van der Waals surface area contributed by atoms with Crippen LogP contribution in [0.25, 0.3) is 0 Å². The van der Waals surface area contributed by atoms with Crippen molar-refractivity contribution in [1.82, 2.24) is 20.0 Å². The molecule has 30 heavy (non-hydrogen) atoms. The van der Waals surface area contributed by atoms with Crippen molar-refractivity contribution < 1.29 is 12.8 Å². The van der Waals surface area contributed by atoms with Crippen LogP contribution in [0.15, 0.2) is 29.4 Å². The Morgan fingerprint density at radius 3 is 2.67 bits per heavy atom. The molecule has 0 radical (unpaired) electrons. The Morgan fingerprint density at radius 1 is 1.37 bits per heavy atom. The summed E-state index contributed by atoms with van der Waals surface area (Å²) >= 11 is 0. The fraction of sp³-hybridized carbons (Fsp3) is 0.500. The molecule has 1 heterocycles. The number of hydrogen-bond acceptors (Lipinski definition) is 4. The second kappa shape index (κ2) is 9.92. The molecule has 2 rings (SSSR count). The normalized spacial score (nSPS) is 12.3. The van der Waals surface area contributed by atoms with Gasteiger partial charge in [0.05, 0.1) is 17.1 Å². The molecule has 0 saturated heterocycles. The van der Waals surface area contributed by atoms with Gasteiger partial charge in [0.2, 0.25) is 10.0 Å². The van der Waals surface area contributed by atoms with E-state index in [1.165, 1.54) is 18.2 Å². The highest BCUT2D eigenvalue weighted by Crippen LogP contribution is 2.18. The first-order chi connectivity index (χ1) is 14.0. The van der Waals surface area contributed by atoms with Gasteiger partial charge >= 0.3 is 0 Å². The van der Waals surface area contributed by atoms with E-state index in [-0.39, 0.29) is 18.0 Å². The second-order valence-corrected chi connectivity index (χ2v) is 9.42. The lowest BCUT2D eigenvalue weighted by atomic mass is 10.1. The Labute approximate surface area is 178 Å². The third-order valence-corrected chi connectivity index (χ3v) is 5.85. The van der Waals surface area contributed by atoms with Crippen molar-refractivity contribution in [2.75, 3.05) is 31.1 Å². The van der Waals surface area contributed by atoms with Crippen LogP contribution in [-0.2, 0) is 23.6 Å². The minimum atomic E-state index is -3.63. The maximum Gasteiger partial charge on any atom is 0.234 e. The topological polar surface area (TPSA) is 91.6 Å². The van der Waals surface area contributed by atoms with E-state index in [1.54, 1.807) is 18.7 Å². The van der Waals surface area contributed by atoms with Crippen LogP contribution in [-0.4, -0.2) is 55.5 Å². The van der Waals surface area contributed by atoms with E-state index in [0.717, 1.165) is 11.3 Å². The van der Waals surface area contributed by atoms with Gasteiger partial charge in [0.15, 0.2) is 5.96 Å². The molecular weight excluding hydrogens is 407 g/mol. The number of rotatable bonds is 8.